The molecule has 2 unspecified atom stereocenters. The van der Waals surface area contributed by atoms with Crippen molar-refractivity contribution in [3.8, 4) is 0 Å². The maximum atomic E-state index is 2.51. The second-order valence-corrected chi connectivity index (χ2v) is 16.5. The fraction of sp³-hybridized carbons (Fsp3) is 0.100. The summed E-state index contributed by atoms with van der Waals surface area (Å²) in [6.45, 7) is 0. The Morgan fingerprint density at radius 1 is 0.297 bits per heavy atom. The highest BCUT2D eigenvalue weighted by molar-refractivity contribution is 5.80. The standard InChI is InChI=1S/C60H52N4/c1-7-19-49(20-8-1)61(50-21-9-2-10-22-50)57-39-43-59(44-40-57)63(53-27-15-5-16-28-53)55-35-31-47(32-36-55)48-33-37-56(38-34-48)64(54-29-17-6-18-30-54)60-45-41-58(42-46-60)62(51-23-11-3-12-24-51)52-25-13-4-14-26-52/h1-31,35-37,39-48H,32-34,38H2. The predicted octanol–water partition coefficient (Wildman–Crippen LogP) is 16.7. The number of rotatable bonds is 13. The molecule has 2 aliphatic rings. The van der Waals surface area contributed by atoms with E-state index >= 15 is 0 Å². The number of allylic oxidation sites excluding steroid dienone is 5. The van der Waals surface area contributed by atoms with E-state index in [0.717, 1.165) is 71.2 Å². The first kappa shape index (κ1) is 40.3. The molecule has 4 heteroatoms. The van der Waals surface area contributed by atoms with E-state index in [1.54, 1.807) is 0 Å². The van der Waals surface area contributed by atoms with Crippen LogP contribution in [-0.2, 0) is 0 Å². The average molecular weight is 829 g/mol. The summed E-state index contributed by atoms with van der Waals surface area (Å²) < 4.78 is 0. The van der Waals surface area contributed by atoms with Gasteiger partial charge in [-0.25, -0.2) is 0 Å². The van der Waals surface area contributed by atoms with Crippen LogP contribution >= 0.6 is 0 Å². The minimum absolute atomic E-state index is 0.485. The SMILES string of the molecule is C1=CC(C2CC=C(N(c3ccccc3)c3ccc(N(c4ccccc4)c4ccccc4)cc3)CC2)CC=C1N(c1ccccc1)c1ccc(N(c2ccccc2)c2ccccc2)cc1. The van der Waals surface area contributed by atoms with Gasteiger partial charge >= 0.3 is 0 Å². The van der Waals surface area contributed by atoms with Gasteiger partial charge in [-0.15, -0.1) is 0 Å². The van der Waals surface area contributed by atoms with Crippen LogP contribution in [0.5, 0.6) is 0 Å². The van der Waals surface area contributed by atoms with Crippen molar-refractivity contribution in [2.24, 2.45) is 11.8 Å². The lowest BCUT2D eigenvalue weighted by atomic mass is 9.78. The molecule has 0 aromatic heterocycles. The molecule has 312 valence electrons. The zero-order valence-corrected chi connectivity index (χ0v) is 36.0. The topological polar surface area (TPSA) is 13.0 Å². The molecule has 0 aliphatic heterocycles. The molecular weight excluding hydrogens is 777 g/mol. The minimum Gasteiger partial charge on any atom is -0.315 e. The van der Waals surface area contributed by atoms with Gasteiger partial charge in [0.1, 0.15) is 0 Å². The number of para-hydroxylation sites is 6. The number of nitrogens with zero attached hydrogens (tertiary/aromatic N) is 4. The summed E-state index contributed by atoms with van der Waals surface area (Å²) >= 11 is 0. The highest BCUT2D eigenvalue weighted by Gasteiger charge is 2.27. The molecule has 10 rings (SSSR count). The highest BCUT2D eigenvalue weighted by atomic mass is 15.2. The minimum atomic E-state index is 0.485. The fourth-order valence-electron chi connectivity index (χ4n) is 9.36. The number of anilines is 10. The van der Waals surface area contributed by atoms with E-state index < -0.39 is 0 Å². The monoisotopic (exact) mass is 828 g/mol. The second kappa shape index (κ2) is 19.1. The van der Waals surface area contributed by atoms with Crippen LogP contribution in [0.1, 0.15) is 25.7 Å². The van der Waals surface area contributed by atoms with Gasteiger partial charge in [0, 0.05) is 68.3 Å². The molecular formula is C60H52N4. The van der Waals surface area contributed by atoms with Crippen LogP contribution in [0.2, 0.25) is 0 Å². The summed E-state index contributed by atoms with van der Waals surface area (Å²) in [6.07, 6.45) is 14.0. The molecule has 0 radical (unpaired) electrons. The van der Waals surface area contributed by atoms with Crippen molar-refractivity contribution in [2.45, 2.75) is 25.7 Å². The molecule has 4 nitrogen and oxygen atoms in total. The summed E-state index contributed by atoms with van der Waals surface area (Å²) in [5.41, 5.74) is 14.0. The second-order valence-electron chi connectivity index (χ2n) is 16.5. The van der Waals surface area contributed by atoms with Crippen LogP contribution in [0.15, 0.2) is 266 Å². The molecule has 64 heavy (non-hydrogen) atoms. The van der Waals surface area contributed by atoms with E-state index in [-0.39, 0.29) is 0 Å². The van der Waals surface area contributed by atoms with E-state index in [4.69, 9.17) is 0 Å². The van der Waals surface area contributed by atoms with Gasteiger partial charge in [-0.1, -0.05) is 127 Å². The van der Waals surface area contributed by atoms with E-state index in [1.165, 1.54) is 22.8 Å². The van der Waals surface area contributed by atoms with Crippen LogP contribution < -0.4 is 19.6 Å². The first-order valence-electron chi connectivity index (χ1n) is 22.6. The summed E-state index contributed by atoms with van der Waals surface area (Å²) in [5, 5.41) is 0. The summed E-state index contributed by atoms with van der Waals surface area (Å²) in [5.74, 6) is 1.06. The molecule has 0 N–H and O–H groups in total. The molecule has 0 saturated carbocycles. The van der Waals surface area contributed by atoms with Gasteiger partial charge in [-0.3, -0.25) is 0 Å². The molecule has 0 spiro atoms. The van der Waals surface area contributed by atoms with Crippen molar-refractivity contribution < 1.29 is 0 Å². The predicted molar refractivity (Wildman–Crippen MR) is 270 cm³/mol. The molecule has 2 atom stereocenters. The Morgan fingerprint density at radius 2 is 0.609 bits per heavy atom. The summed E-state index contributed by atoms with van der Waals surface area (Å²) in [6, 6.07) is 82.1. The number of benzene rings is 8. The Labute approximate surface area is 378 Å². The van der Waals surface area contributed by atoms with Gasteiger partial charge in [0.15, 0.2) is 0 Å². The first-order valence-corrected chi connectivity index (χ1v) is 22.6. The first-order chi connectivity index (χ1) is 31.8. The van der Waals surface area contributed by atoms with Gasteiger partial charge in [-0.2, -0.15) is 0 Å². The van der Waals surface area contributed by atoms with E-state index in [0.29, 0.717) is 11.8 Å². The van der Waals surface area contributed by atoms with Crippen molar-refractivity contribution in [3.05, 3.63) is 266 Å². The van der Waals surface area contributed by atoms with Crippen LogP contribution in [0.4, 0.5) is 56.9 Å². The largest absolute Gasteiger partial charge is 0.315 e. The molecule has 2 aliphatic carbocycles. The van der Waals surface area contributed by atoms with E-state index in [1.807, 2.05) is 0 Å². The quantitative estimate of drug-likeness (QED) is 0.115. The van der Waals surface area contributed by atoms with Crippen molar-refractivity contribution in [2.75, 3.05) is 19.6 Å². The van der Waals surface area contributed by atoms with E-state index in [2.05, 4.69) is 274 Å². The summed E-state index contributed by atoms with van der Waals surface area (Å²) in [4.78, 5) is 9.49. The number of hydrogen-bond acceptors (Lipinski definition) is 4. The van der Waals surface area contributed by atoms with Gasteiger partial charge in [0.25, 0.3) is 0 Å². The van der Waals surface area contributed by atoms with Crippen LogP contribution in [-0.4, -0.2) is 0 Å². The molecule has 0 heterocycles. The zero-order valence-electron chi connectivity index (χ0n) is 36.0. The van der Waals surface area contributed by atoms with Crippen molar-refractivity contribution >= 4 is 56.9 Å². The van der Waals surface area contributed by atoms with Crippen molar-refractivity contribution in [1.29, 1.82) is 0 Å². The lowest BCUT2D eigenvalue weighted by Crippen LogP contribution is -2.24. The molecule has 0 bridgehead atoms. The third kappa shape index (κ3) is 8.77. The van der Waals surface area contributed by atoms with Crippen LogP contribution in [0.3, 0.4) is 0 Å². The normalized spacial score (nSPS) is 15.7. The highest BCUT2D eigenvalue weighted by Crippen LogP contribution is 2.43. The Morgan fingerprint density at radius 3 is 0.938 bits per heavy atom. The summed E-state index contributed by atoms with van der Waals surface area (Å²) in [7, 11) is 0. The van der Waals surface area contributed by atoms with Gasteiger partial charge < -0.3 is 19.6 Å². The van der Waals surface area contributed by atoms with Crippen molar-refractivity contribution in [3.63, 3.8) is 0 Å². The Bertz CT molecular complexity index is 2730. The molecule has 0 amide bonds. The van der Waals surface area contributed by atoms with E-state index in [9.17, 15) is 0 Å². The molecule has 8 aromatic carbocycles. The third-order valence-electron chi connectivity index (χ3n) is 12.5. The molecule has 0 fully saturated rings. The molecule has 8 aromatic rings. The maximum Gasteiger partial charge on any atom is 0.0463 e. The fourth-order valence-corrected chi connectivity index (χ4v) is 9.36. The van der Waals surface area contributed by atoms with Gasteiger partial charge in [0.2, 0.25) is 0 Å². The zero-order chi connectivity index (χ0) is 42.9. The van der Waals surface area contributed by atoms with Gasteiger partial charge in [0.05, 0.1) is 0 Å². The van der Waals surface area contributed by atoms with Crippen LogP contribution in [0.25, 0.3) is 0 Å². The van der Waals surface area contributed by atoms with Crippen molar-refractivity contribution in [1.82, 2.24) is 0 Å². The Hall–Kier alpha value is -7.82. The third-order valence-corrected chi connectivity index (χ3v) is 12.5. The Balaban J connectivity index is 0.875. The smallest absolute Gasteiger partial charge is 0.0463 e. The average Bonchev–Trinajstić information content (AvgIpc) is 3.38. The van der Waals surface area contributed by atoms with Crippen LogP contribution in [0, 0.1) is 11.8 Å². The molecule has 0 saturated heterocycles. The lowest BCUT2D eigenvalue weighted by molar-refractivity contribution is 0.357. The number of hydrogen-bond donors (Lipinski definition) is 0. The Kier molecular flexibility index (Phi) is 12.0. The van der Waals surface area contributed by atoms with Gasteiger partial charge in [-0.05, 0) is 165 Å². The lowest BCUT2D eigenvalue weighted by Gasteiger charge is -2.35. The maximum absolute atomic E-state index is 2.51.